The summed E-state index contributed by atoms with van der Waals surface area (Å²) in [5, 5.41) is 0. The third-order valence-electron chi connectivity index (χ3n) is 2.36. The number of rotatable bonds is 2. The Morgan fingerprint density at radius 2 is 2.45 bits per heavy atom. The highest BCUT2D eigenvalue weighted by Gasteiger charge is 2.34. The summed E-state index contributed by atoms with van der Waals surface area (Å²) >= 11 is 0. The Balaban J connectivity index is 2.29. The molecule has 2 heteroatoms. The van der Waals surface area contributed by atoms with Crippen molar-refractivity contribution in [3.63, 3.8) is 0 Å². The van der Waals surface area contributed by atoms with E-state index in [0.29, 0.717) is 6.04 Å². The van der Waals surface area contributed by atoms with E-state index in [1.165, 1.54) is 6.42 Å². The van der Waals surface area contributed by atoms with Crippen LogP contribution in [0.15, 0.2) is 18.3 Å². The third kappa shape index (κ3) is 0.985. The summed E-state index contributed by atoms with van der Waals surface area (Å²) in [6.45, 7) is 2.21. The van der Waals surface area contributed by atoms with Crippen LogP contribution < -0.4 is 0 Å². The van der Waals surface area contributed by atoms with Crippen molar-refractivity contribution in [2.24, 2.45) is 5.92 Å². The summed E-state index contributed by atoms with van der Waals surface area (Å²) in [5.41, 5.74) is 0.805. The van der Waals surface area contributed by atoms with E-state index in [0.717, 1.165) is 17.9 Å². The second-order valence-electron chi connectivity index (χ2n) is 3.24. The summed E-state index contributed by atoms with van der Waals surface area (Å²) in [4.78, 5) is 10.5. The van der Waals surface area contributed by atoms with Crippen LogP contribution in [0.4, 0.5) is 0 Å². The molecule has 2 atom stereocenters. The van der Waals surface area contributed by atoms with E-state index in [9.17, 15) is 4.79 Å². The number of carbonyl (C=O) groups is 1. The first kappa shape index (κ1) is 6.65. The molecule has 2 unspecified atom stereocenters. The molecule has 0 N–H and O–H groups in total. The Kier molecular flexibility index (Phi) is 1.34. The van der Waals surface area contributed by atoms with Gasteiger partial charge in [0, 0.05) is 12.2 Å². The van der Waals surface area contributed by atoms with E-state index in [-0.39, 0.29) is 0 Å². The van der Waals surface area contributed by atoms with Crippen LogP contribution in [0.5, 0.6) is 0 Å². The van der Waals surface area contributed by atoms with Gasteiger partial charge in [-0.3, -0.25) is 4.79 Å². The van der Waals surface area contributed by atoms with Gasteiger partial charge in [-0.25, -0.2) is 0 Å². The van der Waals surface area contributed by atoms with E-state index in [1.807, 2.05) is 18.3 Å². The van der Waals surface area contributed by atoms with E-state index < -0.39 is 0 Å². The van der Waals surface area contributed by atoms with E-state index in [1.54, 1.807) is 0 Å². The van der Waals surface area contributed by atoms with Gasteiger partial charge in [-0.05, 0) is 24.5 Å². The first-order valence-electron chi connectivity index (χ1n) is 3.95. The van der Waals surface area contributed by atoms with Gasteiger partial charge in [0.2, 0.25) is 0 Å². The smallest absolute Gasteiger partial charge is 0.166 e. The quantitative estimate of drug-likeness (QED) is 0.588. The first-order valence-corrected chi connectivity index (χ1v) is 3.95. The van der Waals surface area contributed by atoms with Gasteiger partial charge in [0.25, 0.3) is 0 Å². The SMILES string of the molecule is CC1CC1n1cccc1C=O. The Morgan fingerprint density at radius 3 is 3.00 bits per heavy atom. The molecule has 1 heterocycles. The molecule has 0 amide bonds. The van der Waals surface area contributed by atoms with Crippen molar-refractivity contribution in [1.29, 1.82) is 0 Å². The number of hydrogen-bond acceptors (Lipinski definition) is 1. The van der Waals surface area contributed by atoms with Gasteiger partial charge in [0.15, 0.2) is 6.29 Å². The lowest BCUT2D eigenvalue weighted by Crippen LogP contribution is -1.98. The fourth-order valence-electron chi connectivity index (χ4n) is 1.50. The normalized spacial score (nSPS) is 28.5. The molecule has 1 aliphatic carbocycles. The van der Waals surface area contributed by atoms with Gasteiger partial charge in [-0.15, -0.1) is 0 Å². The molecule has 11 heavy (non-hydrogen) atoms. The van der Waals surface area contributed by atoms with Gasteiger partial charge in [-0.1, -0.05) is 6.92 Å². The van der Waals surface area contributed by atoms with Crippen molar-refractivity contribution in [2.75, 3.05) is 0 Å². The van der Waals surface area contributed by atoms with Gasteiger partial charge in [-0.2, -0.15) is 0 Å². The summed E-state index contributed by atoms with van der Waals surface area (Å²) in [6, 6.07) is 4.37. The maximum Gasteiger partial charge on any atom is 0.166 e. The summed E-state index contributed by atoms with van der Waals surface area (Å²) in [7, 11) is 0. The lowest BCUT2D eigenvalue weighted by Gasteiger charge is -2.01. The van der Waals surface area contributed by atoms with Gasteiger partial charge in [0.05, 0.1) is 5.69 Å². The van der Waals surface area contributed by atoms with Gasteiger partial charge in [0.1, 0.15) is 0 Å². The van der Waals surface area contributed by atoms with Crippen LogP contribution in [0.2, 0.25) is 0 Å². The number of nitrogens with zero attached hydrogens (tertiary/aromatic N) is 1. The molecule has 0 radical (unpaired) electrons. The molecular formula is C9H11NO. The lowest BCUT2D eigenvalue weighted by atomic mass is 10.4. The number of aromatic nitrogens is 1. The number of aldehydes is 1. The second-order valence-corrected chi connectivity index (χ2v) is 3.24. The molecule has 0 aromatic carbocycles. The van der Waals surface area contributed by atoms with Crippen LogP contribution in [0.25, 0.3) is 0 Å². The lowest BCUT2D eigenvalue weighted by molar-refractivity contribution is 0.111. The first-order chi connectivity index (χ1) is 5.33. The number of hydrogen-bond donors (Lipinski definition) is 0. The van der Waals surface area contributed by atoms with Crippen molar-refractivity contribution in [2.45, 2.75) is 19.4 Å². The number of carbonyl (C=O) groups excluding carboxylic acids is 1. The van der Waals surface area contributed by atoms with Crippen molar-refractivity contribution in [1.82, 2.24) is 4.57 Å². The monoisotopic (exact) mass is 149 g/mol. The van der Waals surface area contributed by atoms with Crippen molar-refractivity contribution in [3.8, 4) is 0 Å². The fraction of sp³-hybridized carbons (Fsp3) is 0.444. The summed E-state index contributed by atoms with van der Waals surface area (Å²) in [6.07, 6.45) is 4.12. The minimum Gasteiger partial charge on any atom is -0.342 e. The largest absolute Gasteiger partial charge is 0.342 e. The van der Waals surface area contributed by atoms with E-state index in [2.05, 4.69) is 11.5 Å². The van der Waals surface area contributed by atoms with Crippen molar-refractivity contribution in [3.05, 3.63) is 24.0 Å². The zero-order chi connectivity index (χ0) is 7.84. The molecule has 58 valence electrons. The third-order valence-corrected chi connectivity index (χ3v) is 2.36. The second kappa shape index (κ2) is 2.22. The topological polar surface area (TPSA) is 22.0 Å². The average Bonchev–Trinajstić information content (AvgIpc) is 2.58. The minimum atomic E-state index is 0.588. The Hall–Kier alpha value is -1.05. The van der Waals surface area contributed by atoms with Crippen LogP contribution in [0, 0.1) is 5.92 Å². The zero-order valence-electron chi connectivity index (χ0n) is 6.53. The highest BCUT2D eigenvalue weighted by Crippen LogP contribution is 2.43. The fourth-order valence-corrected chi connectivity index (χ4v) is 1.50. The summed E-state index contributed by atoms with van der Waals surface area (Å²) in [5.74, 6) is 0.751. The molecule has 1 aliphatic rings. The van der Waals surface area contributed by atoms with Crippen LogP contribution in [0.3, 0.4) is 0 Å². The summed E-state index contributed by atoms with van der Waals surface area (Å²) < 4.78 is 2.07. The van der Waals surface area contributed by atoms with Crippen LogP contribution in [0.1, 0.15) is 29.9 Å². The predicted molar refractivity (Wildman–Crippen MR) is 42.6 cm³/mol. The average molecular weight is 149 g/mol. The molecule has 1 saturated carbocycles. The molecule has 1 aromatic heterocycles. The van der Waals surface area contributed by atoms with E-state index >= 15 is 0 Å². The molecular weight excluding hydrogens is 138 g/mol. The Bertz CT molecular complexity index is 277. The Labute approximate surface area is 65.8 Å². The molecule has 2 rings (SSSR count). The molecule has 0 bridgehead atoms. The molecule has 2 nitrogen and oxygen atoms in total. The van der Waals surface area contributed by atoms with E-state index in [4.69, 9.17) is 0 Å². The molecule has 0 saturated heterocycles. The standard InChI is InChI=1S/C9H11NO/c1-7-5-9(7)10-4-2-3-8(10)6-11/h2-4,6-7,9H,5H2,1H3. The van der Waals surface area contributed by atoms with Gasteiger partial charge < -0.3 is 4.57 Å². The van der Waals surface area contributed by atoms with Crippen molar-refractivity contribution >= 4 is 6.29 Å². The maximum atomic E-state index is 10.5. The van der Waals surface area contributed by atoms with Crippen LogP contribution in [-0.4, -0.2) is 10.9 Å². The minimum absolute atomic E-state index is 0.588. The molecule has 0 spiro atoms. The van der Waals surface area contributed by atoms with Crippen LogP contribution >= 0.6 is 0 Å². The molecule has 1 fully saturated rings. The molecule has 1 aromatic rings. The van der Waals surface area contributed by atoms with Gasteiger partial charge >= 0.3 is 0 Å². The molecule has 0 aliphatic heterocycles. The maximum absolute atomic E-state index is 10.5. The highest BCUT2D eigenvalue weighted by atomic mass is 16.1. The van der Waals surface area contributed by atoms with Crippen molar-refractivity contribution < 1.29 is 4.79 Å². The van der Waals surface area contributed by atoms with Crippen LogP contribution in [-0.2, 0) is 0 Å². The Morgan fingerprint density at radius 1 is 1.73 bits per heavy atom. The zero-order valence-corrected chi connectivity index (χ0v) is 6.53. The predicted octanol–water partition coefficient (Wildman–Crippen LogP) is 1.88. The highest BCUT2D eigenvalue weighted by molar-refractivity contribution is 5.72.